The molecule has 1 aromatic carbocycles. The second-order valence-corrected chi connectivity index (χ2v) is 6.39. The van der Waals surface area contributed by atoms with Gasteiger partial charge in [0.25, 0.3) is 0 Å². The minimum atomic E-state index is 0.0103. The third-order valence-electron chi connectivity index (χ3n) is 4.75. The summed E-state index contributed by atoms with van der Waals surface area (Å²) in [6, 6.07) is 13.9. The quantitative estimate of drug-likeness (QED) is 0.306. The molecule has 2 aromatic heterocycles. The number of nitrogens with two attached hydrogens (primary N) is 1. The molecule has 0 bridgehead atoms. The van der Waals surface area contributed by atoms with E-state index in [1.165, 1.54) is 5.69 Å². The van der Waals surface area contributed by atoms with E-state index in [0.717, 1.165) is 28.8 Å². The number of oxime groups is 1. The van der Waals surface area contributed by atoms with Crippen molar-refractivity contribution < 1.29 is 9.94 Å². The van der Waals surface area contributed by atoms with Crippen LogP contribution in [-0.2, 0) is 6.54 Å². The van der Waals surface area contributed by atoms with Gasteiger partial charge in [0.1, 0.15) is 11.4 Å². The number of rotatable bonds is 6. The molecule has 0 aliphatic rings. The van der Waals surface area contributed by atoms with Gasteiger partial charge >= 0.3 is 0 Å². The van der Waals surface area contributed by atoms with Crippen molar-refractivity contribution in [1.29, 1.82) is 0 Å². The standard InChI is InChI=1S/C20H24N4O2/c1-4-13(2)19-11-14-10-16(26-3)8-9-18(14)24(19)12-15-6-5-7-17(22-15)20(21)23-25/h5-11,13,25H,4,12H2,1-3H3,(H2,21,23). The SMILES string of the molecule is CCC(C)c1cc2cc(OC)ccc2n1Cc1cccc(C(N)=NO)n1. The Morgan fingerprint density at radius 3 is 2.81 bits per heavy atom. The average molecular weight is 352 g/mol. The van der Waals surface area contributed by atoms with Gasteiger partial charge in [-0.05, 0) is 48.7 Å². The maximum absolute atomic E-state index is 8.88. The van der Waals surface area contributed by atoms with Crippen LogP contribution in [0.2, 0.25) is 0 Å². The summed E-state index contributed by atoms with van der Waals surface area (Å²) in [5.41, 5.74) is 9.39. The van der Waals surface area contributed by atoms with Crippen molar-refractivity contribution in [2.45, 2.75) is 32.7 Å². The van der Waals surface area contributed by atoms with E-state index in [0.29, 0.717) is 18.2 Å². The van der Waals surface area contributed by atoms with E-state index in [1.54, 1.807) is 13.2 Å². The van der Waals surface area contributed by atoms with Crippen LogP contribution in [0.3, 0.4) is 0 Å². The fourth-order valence-corrected chi connectivity index (χ4v) is 3.11. The molecule has 1 atom stereocenters. The highest BCUT2D eigenvalue weighted by Gasteiger charge is 2.15. The van der Waals surface area contributed by atoms with Gasteiger partial charge in [-0.3, -0.25) is 0 Å². The second-order valence-electron chi connectivity index (χ2n) is 6.39. The highest BCUT2D eigenvalue weighted by molar-refractivity contribution is 5.95. The largest absolute Gasteiger partial charge is 0.497 e. The first kappa shape index (κ1) is 17.8. The molecule has 3 N–H and O–H groups in total. The molecule has 1 unspecified atom stereocenters. The van der Waals surface area contributed by atoms with Crippen LogP contribution in [0.15, 0.2) is 47.6 Å². The Balaban J connectivity index is 2.08. The highest BCUT2D eigenvalue weighted by atomic mass is 16.5. The molecule has 0 spiro atoms. The number of amidine groups is 1. The van der Waals surface area contributed by atoms with E-state index in [1.807, 2.05) is 18.2 Å². The van der Waals surface area contributed by atoms with Gasteiger partial charge in [0.2, 0.25) is 0 Å². The Hall–Kier alpha value is -3.02. The number of ether oxygens (including phenoxy) is 1. The van der Waals surface area contributed by atoms with Crippen molar-refractivity contribution in [3.63, 3.8) is 0 Å². The number of pyridine rings is 1. The van der Waals surface area contributed by atoms with Crippen molar-refractivity contribution >= 4 is 16.7 Å². The van der Waals surface area contributed by atoms with E-state index < -0.39 is 0 Å². The molecule has 0 aliphatic heterocycles. The maximum Gasteiger partial charge on any atom is 0.188 e. The van der Waals surface area contributed by atoms with E-state index in [4.69, 9.17) is 15.7 Å². The van der Waals surface area contributed by atoms with Crippen LogP contribution in [0.4, 0.5) is 0 Å². The van der Waals surface area contributed by atoms with Crippen LogP contribution in [-0.4, -0.2) is 27.7 Å². The molecule has 0 saturated carbocycles. The molecule has 136 valence electrons. The molecule has 6 heteroatoms. The monoisotopic (exact) mass is 352 g/mol. The molecular formula is C20H24N4O2. The molecule has 0 fully saturated rings. The number of hydrogen-bond donors (Lipinski definition) is 2. The first-order valence-electron chi connectivity index (χ1n) is 8.68. The molecule has 3 aromatic rings. The Morgan fingerprint density at radius 2 is 2.12 bits per heavy atom. The summed E-state index contributed by atoms with van der Waals surface area (Å²) in [7, 11) is 1.68. The average Bonchev–Trinajstić information content (AvgIpc) is 3.04. The van der Waals surface area contributed by atoms with Crippen LogP contribution in [0.25, 0.3) is 10.9 Å². The molecule has 0 radical (unpaired) electrons. The zero-order chi connectivity index (χ0) is 18.7. The summed E-state index contributed by atoms with van der Waals surface area (Å²) >= 11 is 0. The molecule has 2 heterocycles. The van der Waals surface area contributed by atoms with Gasteiger partial charge in [-0.25, -0.2) is 4.98 Å². The lowest BCUT2D eigenvalue weighted by molar-refractivity contribution is 0.318. The first-order chi connectivity index (χ1) is 12.6. The summed E-state index contributed by atoms with van der Waals surface area (Å²) in [6.07, 6.45) is 1.05. The second kappa shape index (κ2) is 7.47. The van der Waals surface area contributed by atoms with Crippen molar-refractivity contribution in [3.8, 4) is 5.75 Å². The van der Waals surface area contributed by atoms with Gasteiger partial charge in [-0.2, -0.15) is 0 Å². The number of benzene rings is 1. The van der Waals surface area contributed by atoms with Crippen molar-refractivity contribution in [3.05, 3.63) is 59.5 Å². The molecule has 26 heavy (non-hydrogen) atoms. The molecule has 0 amide bonds. The number of hydrogen-bond acceptors (Lipinski definition) is 4. The van der Waals surface area contributed by atoms with Gasteiger partial charge in [0.15, 0.2) is 5.84 Å². The minimum Gasteiger partial charge on any atom is -0.497 e. The van der Waals surface area contributed by atoms with Crippen LogP contribution in [0.1, 0.15) is 43.3 Å². The Kier molecular flexibility index (Phi) is 5.11. The fourth-order valence-electron chi connectivity index (χ4n) is 3.11. The summed E-state index contributed by atoms with van der Waals surface area (Å²) < 4.78 is 7.64. The van der Waals surface area contributed by atoms with Crippen molar-refractivity contribution in [2.75, 3.05) is 7.11 Å². The summed E-state index contributed by atoms with van der Waals surface area (Å²) in [4.78, 5) is 4.52. The number of methoxy groups -OCH3 is 1. The number of aromatic nitrogens is 2. The summed E-state index contributed by atoms with van der Waals surface area (Å²) in [6.45, 7) is 5.02. The van der Waals surface area contributed by atoms with Gasteiger partial charge in [0.05, 0.1) is 19.3 Å². The number of nitrogens with zero attached hydrogens (tertiary/aromatic N) is 3. The smallest absolute Gasteiger partial charge is 0.188 e. The zero-order valence-corrected chi connectivity index (χ0v) is 15.3. The normalized spacial score (nSPS) is 13.1. The van der Waals surface area contributed by atoms with Crippen LogP contribution in [0, 0.1) is 0 Å². The van der Waals surface area contributed by atoms with Crippen molar-refractivity contribution in [1.82, 2.24) is 9.55 Å². The van der Waals surface area contributed by atoms with Crippen LogP contribution >= 0.6 is 0 Å². The lowest BCUT2D eigenvalue weighted by Gasteiger charge is -2.15. The Bertz CT molecular complexity index is 946. The predicted octanol–water partition coefficient (Wildman–Crippen LogP) is 3.70. The number of fused-ring (bicyclic) bond motifs is 1. The third kappa shape index (κ3) is 3.35. The van der Waals surface area contributed by atoms with Gasteiger partial charge in [-0.1, -0.05) is 25.1 Å². The van der Waals surface area contributed by atoms with E-state index >= 15 is 0 Å². The van der Waals surface area contributed by atoms with Gasteiger partial charge in [0, 0.05) is 16.6 Å². The molecule has 6 nitrogen and oxygen atoms in total. The van der Waals surface area contributed by atoms with Crippen LogP contribution in [0.5, 0.6) is 5.75 Å². The highest BCUT2D eigenvalue weighted by Crippen LogP contribution is 2.30. The first-order valence-corrected chi connectivity index (χ1v) is 8.68. The van der Waals surface area contributed by atoms with Gasteiger partial charge in [-0.15, -0.1) is 0 Å². The Labute approximate surface area is 152 Å². The lowest BCUT2D eigenvalue weighted by atomic mass is 10.0. The zero-order valence-electron chi connectivity index (χ0n) is 15.3. The topological polar surface area (TPSA) is 85.7 Å². The van der Waals surface area contributed by atoms with E-state index in [-0.39, 0.29) is 5.84 Å². The molecule has 3 rings (SSSR count). The minimum absolute atomic E-state index is 0.0103. The van der Waals surface area contributed by atoms with Crippen molar-refractivity contribution in [2.24, 2.45) is 10.9 Å². The van der Waals surface area contributed by atoms with Crippen LogP contribution < -0.4 is 10.5 Å². The maximum atomic E-state index is 8.88. The predicted molar refractivity (Wildman–Crippen MR) is 103 cm³/mol. The third-order valence-corrected chi connectivity index (χ3v) is 4.75. The molecule has 0 saturated heterocycles. The van der Waals surface area contributed by atoms with E-state index in [9.17, 15) is 0 Å². The van der Waals surface area contributed by atoms with Gasteiger partial charge < -0.3 is 20.2 Å². The molecule has 0 aliphatic carbocycles. The fraction of sp³-hybridized carbons (Fsp3) is 0.300. The molecular weight excluding hydrogens is 328 g/mol. The van der Waals surface area contributed by atoms with E-state index in [2.05, 4.69) is 46.8 Å². The Morgan fingerprint density at radius 1 is 1.31 bits per heavy atom. The summed E-state index contributed by atoms with van der Waals surface area (Å²) in [5, 5.41) is 13.1. The summed E-state index contributed by atoms with van der Waals surface area (Å²) in [5.74, 6) is 1.27. The lowest BCUT2D eigenvalue weighted by Crippen LogP contribution is -2.16.